The van der Waals surface area contributed by atoms with Crippen LogP contribution in [0.25, 0.3) is 0 Å². The second-order valence-electron chi connectivity index (χ2n) is 4.65. The molecule has 1 fully saturated rings. The van der Waals surface area contributed by atoms with Crippen LogP contribution < -0.4 is 20.1 Å². The van der Waals surface area contributed by atoms with E-state index in [1.165, 1.54) is 0 Å². The van der Waals surface area contributed by atoms with Gasteiger partial charge in [0.15, 0.2) is 11.5 Å². The molecule has 0 bridgehead atoms. The van der Waals surface area contributed by atoms with Crippen LogP contribution in [-0.2, 0) is 4.79 Å². The Morgan fingerprint density at radius 1 is 1.39 bits per heavy atom. The Hall–Kier alpha value is -1.95. The van der Waals surface area contributed by atoms with Crippen molar-refractivity contribution in [2.24, 2.45) is 0 Å². The number of ether oxygens (including phenoxy) is 2. The van der Waals surface area contributed by atoms with Gasteiger partial charge in [-0.05, 0) is 12.1 Å². The molecule has 0 spiro atoms. The summed E-state index contributed by atoms with van der Waals surface area (Å²) in [7, 11) is 0. The van der Waals surface area contributed by atoms with Crippen molar-refractivity contribution in [3.63, 3.8) is 0 Å². The third-order valence-electron chi connectivity index (χ3n) is 3.20. The molecule has 6 nitrogen and oxygen atoms in total. The molecule has 0 aromatic heterocycles. The van der Waals surface area contributed by atoms with Crippen LogP contribution in [0.3, 0.4) is 0 Å². The Balaban J connectivity index is 1.77. The summed E-state index contributed by atoms with van der Waals surface area (Å²) >= 11 is 0. The zero-order valence-electron chi connectivity index (χ0n) is 9.73. The smallest absolute Gasteiger partial charge is 0.305 e. The number of carboxylic acids is 1. The standard InChI is InChI=1S/C12H14N2O4/c15-11(16)4-12(5-13-6-12)14-8-1-2-9-10(3-8)18-7-17-9/h1-3,13-14H,4-7H2,(H,15,16). The SMILES string of the molecule is O=C(O)CC1(Nc2ccc3c(c2)OCO3)CNC1. The van der Waals surface area contributed by atoms with Crippen LogP contribution in [0.5, 0.6) is 11.5 Å². The van der Waals surface area contributed by atoms with Crippen LogP contribution >= 0.6 is 0 Å². The molecule has 2 aliphatic heterocycles. The number of anilines is 1. The third kappa shape index (κ3) is 1.95. The number of fused-ring (bicyclic) bond motifs is 1. The van der Waals surface area contributed by atoms with E-state index >= 15 is 0 Å². The molecule has 0 amide bonds. The van der Waals surface area contributed by atoms with E-state index in [4.69, 9.17) is 14.6 Å². The lowest BCUT2D eigenvalue weighted by atomic mass is 9.88. The van der Waals surface area contributed by atoms with Gasteiger partial charge < -0.3 is 25.2 Å². The van der Waals surface area contributed by atoms with Crippen molar-refractivity contribution in [2.45, 2.75) is 12.0 Å². The molecular weight excluding hydrogens is 236 g/mol. The molecule has 3 rings (SSSR count). The van der Waals surface area contributed by atoms with Crippen LogP contribution in [0, 0.1) is 0 Å². The van der Waals surface area contributed by atoms with Crippen molar-refractivity contribution < 1.29 is 19.4 Å². The van der Waals surface area contributed by atoms with Crippen molar-refractivity contribution in [2.75, 3.05) is 25.2 Å². The minimum Gasteiger partial charge on any atom is -0.481 e. The quantitative estimate of drug-likeness (QED) is 0.728. The number of nitrogens with one attached hydrogen (secondary N) is 2. The lowest BCUT2D eigenvalue weighted by molar-refractivity contribution is -0.138. The van der Waals surface area contributed by atoms with Gasteiger partial charge >= 0.3 is 5.97 Å². The van der Waals surface area contributed by atoms with Crippen molar-refractivity contribution in [1.29, 1.82) is 0 Å². The summed E-state index contributed by atoms with van der Waals surface area (Å²) < 4.78 is 10.5. The lowest BCUT2D eigenvalue weighted by Crippen LogP contribution is -2.65. The van der Waals surface area contributed by atoms with Crippen molar-refractivity contribution in [1.82, 2.24) is 5.32 Å². The van der Waals surface area contributed by atoms with E-state index in [1.54, 1.807) is 0 Å². The molecule has 18 heavy (non-hydrogen) atoms. The van der Waals surface area contributed by atoms with Crippen molar-refractivity contribution in [3.05, 3.63) is 18.2 Å². The first-order chi connectivity index (χ1) is 8.67. The van der Waals surface area contributed by atoms with Crippen LogP contribution in [0.1, 0.15) is 6.42 Å². The Morgan fingerprint density at radius 2 is 2.17 bits per heavy atom. The largest absolute Gasteiger partial charge is 0.481 e. The first-order valence-corrected chi connectivity index (χ1v) is 5.77. The molecule has 2 aliphatic rings. The minimum atomic E-state index is -0.801. The number of carboxylic acid groups (broad SMARTS) is 1. The third-order valence-corrected chi connectivity index (χ3v) is 3.20. The summed E-state index contributed by atoms with van der Waals surface area (Å²) in [5.74, 6) is 0.613. The topological polar surface area (TPSA) is 79.8 Å². The van der Waals surface area contributed by atoms with Crippen LogP contribution in [-0.4, -0.2) is 36.5 Å². The number of aliphatic carboxylic acids is 1. The molecule has 0 unspecified atom stereocenters. The van der Waals surface area contributed by atoms with Gasteiger partial charge in [-0.1, -0.05) is 0 Å². The van der Waals surface area contributed by atoms with Gasteiger partial charge in [-0.25, -0.2) is 0 Å². The summed E-state index contributed by atoms with van der Waals surface area (Å²) in [6.07, 6.45) is 0.0917. The van der Waals surface area contributed by atoms with Gasteiger partial charge in [0.25, 0.3) is 0 Å². The maximum atomic E-state index is 10.9. The molecule has 0 saturated carbocycles. The van der Waals surface area contributed by atoms with E-state index in [-0.39, 0.29) is 13.2 Å². The van der Waals surface area contributed by atoms with Gasteiger partial charge in [-0.2, -0.15) is 0 Å². The van der Waals surface area contributed by atoms with Crippen LogP contribution in [0.15, 0.2) is 18.2 Å². The number of carbonyl (C=O) groups is 1. The van der Waals surface area contributed by atoms with Gasteiger partial charge in [-0.3, -0.25) is 4.79 Å². The van der Waals surface area contributed by atoms with Crippen LogP contribution in [0.4, 0.5) is 5.69 Å². The fourth-order valence-corrected chi connectivity index (χ4v) is 2.25. The molecule has 0 aliphatic carbocycles. The summed E-state index contributed by atoms with van der Waals surface area (Å²) in [6, 6.07) is 5.53. The number of hydrogen-bond acceptors (Lipinski definition) is 5. The van der Waals surface area contributed by atoms with Gasteiger partial charge in [0.1, 0.15) is 0 Å². The minimum absolute atomic E-state index is 0.0917. The van der Waals surface area contributed by atoms with E-state index in [2.05, 4.69) is 10.6 Å². The normalized spacial score (nSPS) is 19.1. The van der Waals surface area contributed by atoms with Crippen molar-refractivity contribution in [3.8, 4) is 11.5 Å². The second-order valence-corrected chi connectivity index (χ2v) is 4.65. The molecule has 3 N–H and O–H groups in total. The molecule has 1 aromatic carbocycles. The molecule has 2 heterocycles. The highest BCUT2D eigenvalue weighted by Crippen LogP contribution is 2.35. The van der Waals surface area contributed by atoms with Gasteiger partial charge in [0, 0.05) is 24.8 Å². The summed E-state index contributed by atoms with van der Waals surface area (Å²) in [6.45, 7) is 1.53. The molecule has 6 heteroatoms. The first-order valence-electron chi connectivity index (χ1n) is 5.77. The average molecular weight is 250 g/mol. The van der Waals surface area contributed by atoms with E-state index in [1.807, 2.05) is 18.2 Å². The van der Waals surface area contributed by atoms with Crippen molar-refractivity contribution >= 4 is 11.7 Å². The molecule has 0 radical (unpaired) electrons. The maximum absolute atomic E-state index is 10.9. The monoisotopic (exact) mass is 250 g/mol. The van der Waals surface area contributed by atoms with E-state index in [0.717, 1.165) is 11.4 Å². The second kappa shape index (κ2) is 4.06. The summed E-state index contributed by atoms with van der Waals surface area (Å²) in [5, 5.41) is 15.3. The highest BCUT2D eigenvalue weighted by molar-refractivity contribution is 5.70. The van der Waals surface area contributed by atoms with E-state index < -0.39 is 11.5 Å². The highest BCUT2D eigenvalue weighted by Gasteiger charge is 2.39. The summed E-state index contributed by atoms with van der Waals surface area (Å²) in [4.78, 5) is 10.9. The first kappa shape index (κ1) is 11.2. The Labute approximate surface area is 104 Å². The Bertz CT molecular complexity index is 485. The fourth-order valence-electron chi connectivity index (χ4n) is 2.25. The lowest BCUT2D eigenvalue weighted by Gasteiger charge is -2.43. The van der Waals surface area contributed by atoms with Gasteiger partial charge in [-0.15, -0.1) is 0 Å². The average Bonchev–Trinajstić information content (AvgIpc) is 2.72. The number of benzene rings is 1. The van der Waals surface area contributed by atoms with Gasteiger partial charge in [0.2, 0.25) is 6.79 Å². The molecule has 1 aromatic rings. The highest BCUT2D eigenvalue weighted by atomic mass is 16.7. The van der Waals surface area contributed by atoms with E-state index in [0.29, 0.717) is 18.8 Å². The fraction of sp³-hybridized carbons (Fsp3) is 0.417. The number of rotatable bonds is 4. The zero-order valence-corrected chi connectivity index (χ0v) is 9.73. The number of hydrogen-bond donors (Lipinski definition) is 3. The van der Waals surface area contributed by atoms with Crippen LogP contribution in [0.2, 0.25) is 0 Å². The van der Waals surface area contributed by atoms with Gasteiger partial charge in [0.05, 0.1) is 12.0 Å². The Morgan fingerprint density at radius 3 is 2.83 bits per heavy atom. The Kier molecular flexibility index (Phi) is 2.52. The predicted molar refractivity (Wildman–Crippen MR) is 64.0 cm³/mol. The van der Waals surface area contributed by atoms with E-state index in [9.17, 15) is 4.79 Å². The summed E-state index contributed by atoms with van der Waals surface area (Å²) in [5.41, 5.74) is 0.446. The molecular formula is C12H14N2O4. The molecule has 96 valence electrons. The predicted octanol–water partition coefficient (Wildman–Crippen LogP) is 0.644. The molecule has 0 atom stereocenters. The zero-order chi connectivity index (χ0) is 12.6. The maximum Gasteiger partial charge on any atom is 0.305 e. The molecule has 1 saturated heterocycles.